The molecule has 2 aliphatic heterocycles. The number of amides is 1. The molecule has 1 atom stereocenters. The number of morpholine rings is 1. The van der Waals surface area contributed by atoms with Gasteiger partial charge in [-0.1, -0.05) is 42.1 Å². The van der Waals surface area contributed by atoms with Gasteiger partial charge in [0, 0.05) is 26.2 Å². The Morgan fingerprint density at radius 1 is 1.17 bits per heavy atom. The van der Waals surface area contributed by atoms with Crippen LogP contribution in [-0.2, 0) is 20.8 Å². The second-order valence-corrected chi connectivity index (χ2v) is 8.12. The first-order valence-electron chi connectivity index (χ1n) is 10.1. The van der Waals surface area contributed by atoms with Crippen molar-refractivity contribution in [2.24, 2.45) is 0 Å². The summed E-state index contributed by atoms with van der Waals surface area (Å²) < 4.78 is 13.1. The van der Waals surface area contributed by atoms with Gasteiger partial charge in [0.25, 0.3) is 0 Å². The number of rotatable bonds is 8. The highest BCUT2D eigenvalue weighted by atomic mass is 32.2. The van der Waals surface area contributed by atoms with Gasteiger partial charge in [-0.25, -0.2) is 0 Å². The van der Waals surface area contributed by atoms with Gasteiger partial charge in [-0.05, 0) is 18.4 Å². The van der Waals surface area contributed by atoms with E-state index < -0.39 is 0 Å². The molecule has 1 aromatic carbocycles. The van der Waals surface area contributed by atoms with E-state index in [1.165, 1.54) is 17.3 Å². The van der Waals surface area contributed by atoms with Gasteiger partial charge >= 0.3 is 0 Å². The SMILES string of the molecule is O=C(CSc1nnc(N2CCOCC2)n1Cc1ccccc1)NC[C@@H]1CCCO1. The van der Waals surface area contributed by atoms with Gasteiger partial charge in [-0.2, -0.15) is 0 Å². The maximum absolute atomic E-state index is 12.3. The molecule has 0 saturated carbocycles. The first-order chi connectivity index (χ1) is 14.3. The molecule has 1 N–H and O–H groups in total. The van der Waals surface area contributed by atoms with Crippen LogP contribution in [0.5, 0.6) is 0 Å². The summed E-state index contributed by atoms with van der Waals surface area (Å²) in [6, 6.07) is 10.2. The van der Waals surface area contributed by atoms with Gasteiger partial charge in [0.15, 0.2) is 5.16 Å². The van der Waals surface area contributed by atoms with Crippen LogP contribution in [0.2, 0.25) is 0 Å². The topological polar surface area (TPSA) is 81.5 Å². The predicted molar refractivity (Wildman–Crippen MR) is 111 cm³/mol. The second-order valence-electron chi connectivity index (χ2n) is 7.18. The Kier molecular flexibility index (Phi) is 7.02. The summed E-state index contributed by atoms with van der Waals surface area (Å²) in [5, 5.41) is 12.5. The summed E-state index contributed by atoms with van der Waals surface area (Å²) in [7, 11) is 0. The van der Waals surface area contributed by atoms with Crippen LogP contribution >= 0.6 is 11.8 Å². The molecule has 4 rings (SSSR count). The standard InChI is InChI=1S/C20H27N5O3S/c26-18(21-13-17-7-4-10-28-17)15-29-20-23-22-19(24-8-11-27-12-9-24)25(20)14-16-5-2-1-3-6-16/h1-3,5-6,17H,4,7-15H2,(H,21,26)/t17-/m0/s1. The first kappa shape index (κ1) is 20.2. The molecule has 0 aliphatic carbocycles. The third kappa shape index (κ3) is 5.49. The number of thioether (sulfide) groups is 1. The lowest BCUT2D eigenvalue weighted by atomic mass is 10.2. The minimum atomic E-state index is -0.00677. The van der Waals surface area contributed by atoms with Crippen molar-refractivity contribution < 1.29 is 14.3 Å². The van der Waals surface area contributed by atoms with Crippen molar-refractivity contribution in [2.75, 3.05) is 50.1 Å². The second kappa shape index (κ2) is 10.1. The molecule has 2 aromatic rings. The number of carbonyl (C=O) groups is 1. The monoisotopic (exact) mass is 417 g/mol. The Morgan fingerprint density at radius 3 is 2.76 bits per heavy atom. The molecule has 2 aliphatic rings. The molecule has 0 spiro atoms. The molecule has 2 saturated heterocycles. The summed E-state index contributed by atoms with van der Waals surface area (Å²) in [6.07, 6.45) is 2.24. The van der Waals surface area contributed by atoms with Crippen LogP contribution in [0.4, 0.5) is 5.95 Å². The number of hydrogen-bond acceptors (Lipinski definition) is 7. The van der Waals surface area contributed by atoms with Crippen LogP contribution in [0.1, 0.15) is 18.4 Å². The molecule has 0 unspecified atom stereocenters. The van der Waals surface area contributed by atoms with E-state index >= 15 is 0 Å². The number of nitrogens with one attached hydrogen (secondary N) is 1. The third-order valence-electron chi connectivity index (χ3n) is 5.06. The molecular formula is C20H27N5O3S. The van der Waals surface area contributed by atoms with E-state index in [9.17, 15) is 4.79 Å². The van der Waals surface area contributed by atoms with E-state index in [4.69, 9.17) is 9.47 Å². The molecule has 156 valence electrons. The van der Waals surface area contributed by atoms with Crippen molar-refractivity contribution in [2.45, 2.75) is 30.6 Å². The van der Waals surface area contributed by atoms with Gasteiger partial charge in [0.1, 0.15) is 0 Å². The number of anilines is 1. The van der Waals surface area contributed by atoms with E-state index in [2.05, 4.69) is 37.1 Å². The number of carbonyl (C=O) groups excluding carboxylic acids is 1. The van der Waals surface area contributed by atoms with E-state index in [1.807, 2.05) is 18.2 Å². The van der Waals surface area contributed by atoms with Gasteiger partial charge in [0.2, 0.25) is 11.9 Å². The van der Waals surface area contributed by atoms with Crippen molar-refractivity contribution in [1.29, 1.82) is 0 Å². The van der Waals surface area contributed by atoms with Crippen molar-refractivity contribution in [3.63, 3.8) is 0 Å². The Labute approximate surface area is 175 Å². The van der Waals surface area contributed by atoms with Crippen LogP contribution in [-0.4, -0.2) is 72.0 Å². The molecule has 3 heterocycles. The van der Waals surface area contributed by atoms with Crippen LogP contribution < -0.4 is 10.2 Å². The molecule has 8 nitrogen and oxygen atoms in total. The zero-order chi connectivity index (χ0) is 19.9. The smallest absolute Gasteiger partial charge is 0.230 e. The van der Waals surface area contributed by atoms with Crippen LogP contribution in [0, 0.1) is 0 Å². The van der Waals surface area contributed by atoms with E-state index in [0.717, 1.165) is 43.6 Å². The lowest BCUT2D eigenvalue weighted by molar-refractivity contribution is -0.119. The minimum absolute atomic E-state index is 0.00677. The van der Waals surface area contributed by atoms with Crippen LogP contribution in [0.15, 0.2) is 35.5 Å². The minimum Gasteiger partial charge on any atom is -0.378 e. The summed E-state index contributed by atoms with van der Waals surface area (Å²) >= 11 is 1.42. The normalized spacial score (nSPS) is 19.4. The summed E-state index contributed by atoms with van der Waals surface area (Å²) in [5.74, 6) is 1.13. The summed E-state index contributed by atoms with van der Waals surface area (Å²) in [4.78, 5) is 14.5. The molecule has 1 aromatic heterocycles. The molecule has 29 heavy (non-hydrogen) atoms. The van der Waals surface area contributed by atoms with Gasteiger partial charge < -0.3 is 19.7 Å². The highest BCUT2D eigenvalue weighted by molar-refractivity contribution is 7.99. The molecule has 9 heteroatoms. The molecular weight excluding hydrogens is 390 g/mol. The number of ether oxygens (including phenoxy) is 2. The Bertz CT molecular complexity index is 789. The highest BCUT2D eigenvalue weighted by Crippen LogP contribution is 2.24. The maximum atomic E-state index is 12.3. The zero-order valence-electron chi connectivity index (χ0n) is 16.5. The van der Waals surface area contributed by atoms with Gasteiger partial charge in [0.05, 0.1) is 31.6 Å². The van der Waals surface area contributed by atoms with E-state index in [0.29, 0.717) is 32.1 Å². The van der Waals surface area contributed by atoms with E-state index in [1.54, 1.807) is 0 Å². The van der Waals surface area contributed by atoms with Crippen molar-refractivity contribution in [3.05, 3.63) is 35.9 Å². The fraction of sp³-hybridized carbons (Fsp3) is 0.550. The number of hydrogen-bond donors (Lipinski definition) is 1. The Morgan fingerprint density at radius 2 is 2.00 bits per heavy atom. The van der Waals surface area contributed by atoms with Crippen molar-refractivity contribution in [1.82, 2.24) is 20.1 Å². The average molecular weight is 418 g/mol. The van der Waals surface area contributed by atoms with Crippen molar-refractivity contribution >= 4 is 23.6 Å². The number of aromatic nitrogens is 3. The molecule has 0 bridgehead atoms. The van der Waals surface area contributed by atoms with E-state index in [-0.39, 0.29) is 12.0 Å². The predicted octanol–water partition coefficient (Wildman–Crippen LogP) is 1.55. The summed E-state index contributed by atoms with van der Waals surface area (Å²) in [5.41, 5.74) is 1.17. The van der Waals surface area contributed by atoms with Gasteiger partial charge in [-0.3, -0.25) is 9.36 Å². The molecule has 1 amide bonds. The van der Waals surface area contributed by atoms with Crippen LogP contribution in [0.3, 0.4) is 0 Å². The Balaban J connectivity index is 1.42. The van der Waals surface area contributed by atoms with Gasteiger partial charge in [-0.15, -0.1) is 10.2 Å². The number of benzene rings is 1. The average Bonchev–Trinajstić information content (AvgIpc) is 3.42. The molecule has 2 fully saturated rings. The largest absolute Gasteiger partial charge is 0.378 e. The Hall–Kier alpha value is -2.10. The molecule has 0 radical (unpaired) electrons. The fourth-order valence-corrected chi connectivity index (χ4v) is 4.27. The fourth-order valence-electron chi connectivity index (χ4n) is 3.50. The quantitative estimate of drug-likeness (QED) is 0.653. The lowest BCUT2D eigenvalue weighted by Crippen LogP contribution is -2.38. The number of nitrogens with zero attached hydrogens (tertiary/aromatic N) is 4. The van der Waals surface area contributed by atoms with Crippen molar-refractivity contribution in [3.8, 4) is 0 Å². The lowest BCUT2D eigenvalue weighted by Gasteiger charge is -2.28. The maximum Gasteiger partial charge on any atom is 0.230 e. The zero-order valence-corrected chi connectivity index (χ0v) is 17.3. The third-order valence-corrected chi connectivity index (χ3v) is 6.02. The van der Waals surface area contributed by atoms with Crippen LogP contribution in [0.25, 0.3) is 0 Å². The first-order valence-corrected chi connectivity index (χ1v) is 11.1. The highest BCUT2D eigenvalue weighted by Gasteiger charge is 2.22. The summed E-state index contributed by atoms with van der Waals surface area (Å²) in [6.45, 7) is 5.00.